The Labute approximate surface area is 292 Å². The van der Waals surface area contributed by atoms with Gasteiger partial charge in [0.15, 0.2) is 0 Å². The first-order valence-corrected chi connectivity index (χ1v) is 17.3. The van der Waals surface area contributed by atoms with E-state index in [2.05, 4.69) is 183 Å². The minimum Gasteiger partial charge on any atom is -0.308 e. The topological polar surface area (TPSA) is 33.4 Å². The number of anilines is 3. The number of fused-ring (bicyclic) bond motifs is 6. The predicted molar refractivity (Wildman–Crippen MR) is 210 cm³/mol. The van der Waals surface area contributed by atoms with E-state index in [-0.39, 0.29) is 5.41 Å². The molecule has 5 aromatic carbocycles. The van der Waals surface area contributed by atoms with Gasteiger partial charge in [0, 0.05) is 32.7 Å². The van der Waals surface area contributed by atoms with Crippen LogP contribution in [0.15, 0.2) is 140 Å². The maximum absolute atomic E-state index is 5.41. The summed E-state index contributed by atoms with van der Waals surface area (Å²) in [5, 5.41) is 5.08. The number of aryl methyl sites for hydroxylation is 2. The summed E-state index contributed by atoms with van der Waals surface area (Å²) in [6, 6.07) is 49.9. The van der Waals surface area contributed by atoms with E-state index in [1.807, 2.05) is 0 Å². The van der Waals surface area contributed by atoms with Gasteiger partial charge >= 0.3 is 0 Å². The zero-order valence-electron chi connectivity index (χ0n) is 29.1. The summed E-state index contributed by atoms with van der Waals surface area (Å²) < 4.78 is 2.42. The van der Waals surface area contributed by atoms with Crippen molar-refractivity contribution in [1.82, 2.24) is 14.4 Å². The van der Waals surface area contributed by atoms with Gasteiger partial charge in [0.2, 0.25) is 0 Å². The fourth-order valence-corrected chi connectivity index (χ4v) is 7.63. The molecule has 0 bridgehead atoms. The van der Waals surface area contributed by atoms with Crippen LogP contribution in [0.1, 0.15) is 37.5 Å². The number of aromatic nitrogens is 3. The Bertz CT molecular complexity index is 2690. The van der Waals surface area contributed by atoms with Crippen molar-refractivity contribution in [3.8, 4) is 22.5 Å². The molecule has 9 aromatic rings. The van der Waals surface area contributed by atoms with Gasteiger partial charge in [0.05, 0.1) is 33.6 Å². The molecular formula is C46H38N4. The smallest absolute Gasteiger partial charge is 0.139 e. The monoisotopic (exact) mass is 646 g/mol. The first-order chi connectivity index (χ1) is 24.3. The van der Waals surface area contributed by atoms with Crippen LogP contribution in [0.25, 0.3) is 60.6 Å². The van der Waals surface area contributed by atoms with Crippen LogP contribution in [-0.4, -0.2) is 14.4 Å². The number of para-hydroxylation sites is 3. The van der Waals surface area contributed by atoms with Gasteiger partial charge in [-0.05, 0) is 78.4 Å². The van der Waals surface area contributed by atoms with Crippen LogP contribution >= 0.6 is 0 Å². The molecule has 50 heavy (non-hydrogen) atoms. The molecule has 0 N–H and O–H groups in total. The normalized spacial score (nSPS) is 12.1. The summed E-state index contributed by atoms with van der Waals surface area (Å²) in [4.78, 5) is 13.0. The van der Waals surface area contributed by atoms with Gasteiger partial charge in [0.1, 0.15) is 11.6 Å². The lowest BCUT2D eigenvalue weighted by Crippen LogP contribution is -2.18. The fraction of sp³-hybridized carbons (Fsp3) is 0.130. The molecule has 0 fully saturated rings. The zero-order chi connectivity index (χ0) is 34.1. The lowest BCUT2D eigenvalue weighted by Gasteiger charge is -2.29. The van der Waals surface area contributed by atoms with Crippen molar-refractivity contribution in [3.63, 3.8) is 0 Å². The van der Waals surface area contributed by atoms with Crippen LogP contribution < -0.4 is 4.90 Å². The second-order valence-corrected chi connectivity index (χ2v) is 14.5. The van der Waals surface area contributed by atoms with Crippen LogP contribution in [0.4, 0.5) is 17.3 Å². The summed E-state index contributed by atoms with van der Waals surface area (Å²) in [6.07, 6.45) is 0. The van der Waals surface area contributed by atoms with E-state index < -0.39 is 0 Å². The fourth-order valence-electron chi connectivity index (χ4n) is 7.63. The summed E-state index contributed by atoms with van der Waals surface area (Å²) in [7, 11) is 0. The SMILES string of the molecule is Cc1cccc(C)c1N(c1cccc(-c2ccc3c(c2)c2cccc4c5ccccc5n3c42)n1)c1cc(C(C)(C)C)cc(-c2ccccc2)n1. The third-order valence-electron chi connectivity index (χ3n) is 10.1. The van der Waals surface area contributed by atoms with Crippen LogP contribution in [0.3, 0.4) is 0 Å². The van der Waals surface area contributed by atoms with E-state index in [9.17, 15) is 0 Å². The van der Waals surface area contributed by atoms with Crippen molar-refractivity contribution in [1.29, 1.82) is 0 Å². The van der Waals surface area contributed by atoms with Crippen LogP contribution in [0.2, 0.25) is 0 Å². The Hall–Kier alpha value is -6.00. The predicted octanol–water partition coefficient (Wildman–Crippen LogP) is 12.3. The van der Waals surface area contributed by atoms with Gasteiger partial charge in [-0.15, -0.1) is 0 Å². The largest absolute Gasteiger partial charge is 0.308 e. The molecule has 0 spiro atoms. The molecule has 0 saturated carbocycles. The van der Waals surface area contributed by atoms with Crippen molar-refractivity contribution in [2.45, 2.75) is 40.0 Å². The summed E-state index contributed by atoms with van der Waals surface area (Å²) in [5.74, 6) is 1.68. The molecule has 0 aliphatic heterocycles. The quantitative estimate of drug-likeness (QED) is 0.187. The molecule has 4 nitrogen and oxygen atoms in total. The first kappa shape index (κ1) is 30.1. The maximum atomic E-state index is 5.41. The van der Waals surface area contributed by atoms with Crippen molar-refractivity contribution < 1.29 is 0 Å². The Morgan fingerprint density at radius 2 is 1.14 bits per heavy atom. The molecule has 0 saturated heterocycles. The van der Waals surface area contributed by atoms with Gasteiger partial charge < -0.3 is 4.40 Å². The van der Waals surface area contributed by atoms with Gasteiger partial charge in [-0.3, -0.25) is 4.90 Å². The first-order valence-electron chi connectivity index (χ1n) is 17.3. The zero-order valence-corrected chi connectivity index (χ0v) is 29.1. The van der Waals surface area contributed by atoms with Gasteiger partial charge in [0.25, 0.3) is 0 Å². The number of rotatable bonds is 5. The number of hydrogen-bond donors (Lipinski definition) is 0. The minimum atomic E-state index is -0.0828. The third-order valence-corrected chi connectivity index (χ3v) is 10.1. The summed E-state index contributed by atoms with van der Waals surface area (Å²) >= 11 is 0. The summed E-state index contributed by atoms with van der Waals surface area (Å²) in [5.41, 5.74) is 12.4. The number of pyridine rings is 2. The highest BCUT2D eigenvalue weighted by Crippen LogP contribution is 2.42. The average molecular weight is 647 g/mol. The Balaban J connectivity index is 1.25. The molecule has 9 rings (SSSR count). The average Bonchev–Trinajstić information content (AvgIpc) is 3.65. The molecule has 242 valence electrons. The molecule has 0 unspecified atom stereocenters. The second kappa shape index (κ2) is 11.3. The van der Waals surface area contributed by atoms with E-state index in [1.54, 1.807) is 0 Å². The van der Waals surface area contributed by atoms with Gasteiger partial charge in [-0.1, -0.05) is 118 Å². The van der Waals surface area contributed by atoms with Crippen molar-refractivity contribution in [2.24, 2.45) is 0 Å². The number of nitrogens with zero attached hydrogens (tertiary/aromatic N) is 4. The minimum absolute atomic E-state index is 0.0828. The lowest BCUT2D eigenvalue weighted by molar-refractivity contribution is 0.589. The molecule has 0 aliphatic rings. The molecule has 0 atom stereocenters. The van der Waals surface area contributed by atoms with Gasteiger partial charge in [-0.25, -0.2) is 9.97 Å². The highest BCUT2D eigenvalue weighted by Gasteiger charge is 2.24. The maximum Gasteiger partial charge on any atom is 0.139 e. The molecule has 0 radical (unpaired) electrons. The lowest BCUT2D eigenvalue weighted by atomic mass is 9.86. The number of benzene rings is 5. The van der Waals surface area contributed by atoms with Crippen molar-refractivity contribution in [3.05, 3.63) is 156 Å². The van der Waals surface area contributed by atoms with E-state index in [0.717, 1.165) is 39.8 Å². The molecule has 0 amide bonds. The number of hydrogen-bond acceptors (Lipinski definition) is 3. The Morgan fingerprint density at radius 3 is 1.92 bits per heavy atom. The Morgan fingerprint density at radius 1 is 0.500 bits per heavy atom. The van der Waals surface area contributed by atoms with Crippen LogP contribution in [-0.2, 0) is 5.41 Å². The van der Waals surface area contributed by atoms with E-state index in [1.165, 1.54) is 54.8 Å². The molecule has 4 heterocycles. The highest BCUT2D eigenvalue weighted by molar-refractivity contribution is 6.23. The molecular weight excluding hydrogens is 609 g/mol. The highest BCUT2D eigenvalue weighted by atomic mass is 15.2. The molecule has 0 aliphatic carbocycles. The van der Waals surface area contributed by atoms with Crippen molar-refractivity contribution in [2.75, 3.05) is 4.90 Å². The van der Waals surface area contributed by atoms with Crippen LogP contribution in [0.5, 0.6) is 0 Å². The third kappa shape index (κ3) is 4.74. The standard InChI is InChI=1S/C46H38N4/c1-29-14-11-15-30(2)44(29)50(43-28-33(46(3,4)5)27-39(48-43)31-16-7-6-8-17-31)42-23-13-21-38(47-42)32-24-25-41-37(26-32)36-20-12-19-35-34-18-9-10-22-40(34)49(41)45(35)36/h6-28H,1-5H3. The molecule has 4 aromatic heterocycles. The van der Waals surface area contributed by atoms with E-state index in [4.69, 9.17) is 9.97 Å². The molecule has 4 heteroatoms. The van der Waals surface area contributed by atoms with Crippen molar-refractivity contribution >= 4 is 55.4 Å². The Kier molecular flexibility index (Phi) is 6.79. The van der Waals surface area contributed by atoms with Crippen LogP contribution in [0, 0.1) is 13.8 Å². The second-order valence-electron chi connectivity index (χ2n) is 14.5. The summed E-state index contributed by atoms with van der Waals surface area (Å²) in [6.45, 7) is 11.1. The van der Waals surface area contributed by atoms with E-state index >= 15 is 0 Å². The van der Waals surface area contributed by atoms with Gasteiger partial charge in [-0.2, -0.15) is 0 Å². The van der Waals surface area contributed by atoms with E-state index in [0.29, 0.717) is 0 Å².